The summed E-state index contributed by atoms with van der Waals surface area (Å²) in [6.45, 7) is 5.78. The van der Waals surface area contributed by atoms with Crippen molar-refractivity contribution in [1.29, 1.82) is 0 Å². The highest BCUT2D eigenvalue weighted by Gasteiger charge is 2.39. The third kappa shape index (κ3) is 5.30. The second kappa shape index (κ2) is 10.8. The molecule has 33 heavy (non-hydrogen) atoms. The van der Waals surface area contributed by atoms with Gasteiger partial charge in [0.1, 0.15) is 0 Å². The minimum Gasteiger partial charge on any atom is -0.454 e. The lowest BCUT2D eigenvalue weighted by molar-refractivity contribution is 0.0133. The monoisotopic (exact) mass is 486 g/mol. The normalized spacial score (nSPS) is 20.2. The first-order chi connectivity index (χ1) is 15.1. The van der Waals surface area contributed by atoms with Crippen molar-refractivity contribution in [3.8, 4) is 11.5 Å². The fourth-order valence-electron chi connectivity index (χ4n) is 4.97. The van der Waals surface area contributed by atoms with Crippen LogP contribution < -0.4 is 9.47 Å². The molecule has 1 saturated heterocycles. The van der Waals surface area contributed by atoms with E-state index in [1.54, 1.807) is 0 Å². The van der Waals surface area contributed by atoms with Gasteiger partial charge in [0.05, 0.1) is 6.04 Å². The summed E-state index contributed by atoms with van der Waals surface area (Å²) in [7, 11) is 2.25. The van der Waals surface area contributed by atoms with Gasteiger partial charge in [-0.2, -0.15) is 0 Å². The highest BCUT2D eigenvalue weighted by Crippen LogP contribution is 2.37. The largest absolute Gasteiger partial charge is 0.454 e. The average Bonchev–Trinajstić information content (AvgIpc) is 3.26. The molecule has 2 aliphatic heterocycles. The van der Waals surface area contributed by atoms with Crippen LogP contribution in [0, 0.1) is 0 Å². The molecule has 4 nitrogen and oxygen atoms in total. The molecular formula is C27H32Cl2N2O2. The lowest BCUT2D eigenvalue weighted by Crippen LogP contribution is -2.60. The average molecular weight is 487 g/mol. The van der Waals surface area contributed by atoms with Crippen LogP contribution in [0.1, 0.15) is 29.7 Å². The van der Waals surface area contributed by atoms with Crippen molar-refractivity contribution in [2.24, 2.45) is 0 Å². The molecule has 3 aromatic rings. The Hall–Kier alpha value is -2.24. The van der Waals surface area contributed by atoms with E-state index in [0.717, 1.165) is 37.6 Å². The van der Waals surface area contributed by atoms with Crippen molar-refractivity contribution in [3.05, 3.63) is 95.6 Å². The Labute approximate surface area is 209 Å². The maximum atomic E-state index is 5.62. The molecule has 1 fully saturated rings. The molecule has 0 aromatic heterocycles. The van der Waals surface area contributed by atoms with Crippen molar-refractivity contribution < 1.29 is 9.47 Å². The van der Waals surface area contributed by atoms with Gasteiger partial charge >= 0.3 is 0 Å². The first-order valence-electron chi connectivity index (χ1n) is 11.1. The predicted octanol–water partition coefficient (Wildman–Crippen LogP) is 5.60. The van der Waals surface area contributed by atoms with E-state index in [2.05, 4.69) is 96.6 Å². The zero-order valence-corrected chi connectivity index (χ0v) is 20.8. The summed E-state index contributed by atoms with van der Waals surface area (Å²) in [5.74, 6) is 1.71. The molecule has 1 unspecified atom stereocenters. The van der Waals surface area contributed by atoms with Gasteiger partial charge in [-0.05, 0) is 49.2 Å². The maximum Gasteiger partial charge on any atom is 0.231 e. The van der Waals surface area contributed by atoms with Crippen LogP contribution in [0.15, 0.2) is 78.9 Å². The molecule has 5 rings (SSSR count). The minimum atomic E-state index is 0. The van der Waals surface area contributed by atoms with Crippen LogP contribution in [0.2, 0.25) is 0 Å². The molecule has 0 aliphatic carbocycles. The summed E-state index contributed by atoms with van der Waals surface area (Å²) >= 11 is 0. The van der Waals surface area contributed by atoms with Crippen LogP contribution >= 0.6 is 24.8 Å². The molecule has 0 saturated carbocycles. The van der Waals surface area contributed by atoms with Crippen molar-refractivity contribution >= 4 is 24.8 Å². The van der Waals surface area contributed by atoms with Gasteiger partial charge in [0.15, 0.2) is 11.5 Å². The smallest absolute Gasteiger partial charge is 0.231 e. The number of hydrogen-bond donors (Lipinski definition) is 0. The molecule has 2 heterocycles. The van der Waals surface area contributed by atoms with Gasteiger partial charge < -0.3 is 9.47 Å². The Morgan fingerprint density at radius 1 is 0.818 bits per heavy atom. The molecule has 6 heteroatoms. The van der Waals surface area contributed by atoms with Crippen molar-refractivity contribution in [3.63, 3.8) is 0 Å². The highest BCUT2D eigenvalue weighted by atomic mass is 35.5. The van der Waals surface area contributed by atoms with E-state index in [-0.39, 0.29) is 36.4 Å². The molecule has 0 N–H and O–H groups in total. The molecule has 0 radical (unpaired) electrons. The number of hydrogen-bond acceptors (Lipinski definition) is 4. The van der Waals surface area contributed by atoms with E-state index in [4.69, 9.17) is 9.47 Å². The summed E-state index contributed by atoms with van der Waals surface area (Å²) in [6, 6.07) is 28.4. The topological polar surface area (TPSA) is 24.9 Å². The van der Waals surface area contributed by atoms with E-state index < -0.39 is 0 Å². The van der Waals surface area contributed by atoms with Crippen LogP contribution in [-0.2, 0) is 6.42 Å². The Kier molecular flexibility index (Phi) is 8.30. The van der Waals surface area contributed by atoms with E-state index >= 15 is 0 Å². The number of nitrogens with zero attached hydrogens (tertiary/aromatic N) is 2. The molecule has 0 bridgehead atoms. The number of likely N-dealkylation sites (N-methyl/N-ethyl adjacent to an activating group) is 1. The molecule has 0 spiro atoms. The summed E-state index contributed by atoms with van der Waals surface area (Å²) in [5, 5.41) is 0. The van der Waals surface area contributed by atoms with Gasteiger partial charge in [-0.3, -0.25) is 9.80 Å². The van der Waals surface area contributed by atoms with Gasteiger partial charge in [0.2, 0.25) is 6.79 Å². The second-order valence-corrected chi connectivity index (χ2v) is 8.98. The van der Waals surface area contributed by atoms with Gasteiger partial charge in [-0.25, -0.2) is 0 Å². The zero-order chi connectivity index (χ0) is 21.3. The summed E-state index contributed by atoms with van der Waals surface area (Å²) < 4.78 is 11.1. The van der Waals surface area contributed by atoms with Crippen molar-refractivity contribution in [2.45, 2.75) is 24.9 Å². The number of benzene rings is 3. The molecule has 0 amide bonds. The number of ether oxygens (including phenoxy) is 2. The molecular weight excluding hydrogens is 455 g/mol. The third-order valence-corrected chi connectivity index (χ3v) is 6.81. The first-order valence-corrected chi connectivity index (χ1v) is 11.1. The lowest BCUT2D eigenvalue weighted by atomic mass is 9.86. The van der Waals surface area contributed by atoms with E-state index in [1.165, 1.54) is 16.7 Å². The molecule has 1 atom stereocenters. The Morgan fingerprint density at radius 2 is 1.42 bits per heavy atom. The van der Waals surface area contributed by atoms with Gasteiger partial charge in [0.25, 0.3) is 0 Å². The molecule has 3 aromatic carbocycles. The fraction of sp³-hybridized carbons (Fsp3) is 0.333. The summed E-state index contributed by atoms with van der Waals surface area (Å²) in [4.78, 5) is 5.17. The Morgan fingerprint density at radius 3 is 2.06 bits per heavy atom. The van der Waals surface area contributed by atoms with Crippen LogP contribution in [0.25, 0.3) is 0 Å². The number of halogens is 2. The van der Waals surface area contributed by atoms with Crippen LogP contribution in [-0.4, -0.2) is 48.8 Å². The van der Waals surface area contributed by atoms with Crippen molar-refractivity contribution in [1.82, 2.24) is 9.80 Å². The summed E-state index contributed by atoms with van der Waals surface area (Å²) in [6.07, 6.45) is 0.965. The maximum absolute atomic E-state index is 5.62. The number of piperazine rings is 1. The fourth-order valence-corrected chi connectivity index (χ4v) is 4.97. The van der Waals surface area contributed by atoms with Gasteiger partial charge in [0, 0.05) is 25.2 Å². The molecule has 2 aliphatic rings. The number of rotatable bonds is 5. The van der Waals surface area contributed by atoms with Crippen LogP contribution in [0.3, 0.4) is 0 Å². The van der Waals surface area contributed by atoms with Crippen molar-refractivity contribution in [2.75, 3.05) is 33.5 Å². The van der Waals surface area contributed by atoms with Gasteiger partial charge in [-0.1, -0.05) is 66.7 Å². The van der Waals surface area contributed by atoms with Crippen LogP contribution in [0.5, 0.6) is 11.5 Å². The standard InChI is InChI=1S/C27H30N2O2.2ClH/c1-27(18-21-13-14-24-25(17-21)31-20-30-24)19-29(16-15-28(27)2)26(22-9-5-3-6-10-22)23-11-7-4-8-12-23;;/h3-14,17,26H,15-16,18-20H2,1-2H3;2*1H. The zero-order valence-electron chi connectivity index (χ0n) is 19.1. The third-order valence-electron chi connectivity index (χ3n) is 6.81. The molecule has 176 valence electrons. The second-order valence-electron chi connectivity index (χ2n) is 8.98. The van der Waals surface area contributed by atoms with E-state index in [1.807, 2.05) is 6.07 Å². The van der Waals surface area contributed by atoms with Crippen LogP contribution in [0.4, 0.5) is 0 Å². The minimum absolute atomic E-state index is 0. The highest BCUT2D eigenvalue weighted by molar-refractivity contribution is 5.85. The Bertz CT molecular complexity index is 995. The van der Waals surface area contributed by atoms with E-state index in [9.17, 15) is 0 Å². The summed E-state index contributed by atoms with van der Waals surface area (Å²) in [5.41, 5.74) is 4.01. The lowest BCUT2D eigenvalue weighted by Gasteiger charge is -2.50. The predicted molar refractivity (Wildman–Crippen MR) is 138 cm³/mol. The quantitative estimate of drug-likeness (QED) is 0.468. The Balaban J connectivity index is 0.00000153. The SMILES string of the molecule is CN1CCN(C(c2ccccc2)c2ccccc2)CC1(C)Cc1ccc2c(c1)OCO2.Cl.Cl. The van der Waals surface area contributed by atoms with Gasteiger partial charge in [-0.15, -0.1) is 24.8 Å². The number of fused-ring (bicyclic) bond motifs is 1. The first kappa shape index (κ1) is 25.4. The van der Waals surface area contributed by atoms with E-state index in [0.29, 0.717) is 6.79 Å².